The van der Waals surface area contributed by atoms with Gasteiger partial charge in [0.25, 0.3) is 0 Å². The topological polar surface area (TPSA) is 52.3 Å². The molecule has 3 nitrogen and oxygen atoms in total. The number of carbonyl (C=O) groups excluding carboxylic acids is 1. The molecule has 1 saturated carbocycles. The lowest BCUT2D eigenvalue weighted by Gasteiger charge is -2.27. The highest BCUT2D eigenvalue weighted by Gasteiger charge is 2.22. The van der Waals surface area contributed by atoms with Crippen LogP contribution in [0, 0.1) is 0 Å². The van der Waals surface area contributed by atoms with Gasteiger partial charge in [-0.2, -0.15) is 0 Å². The summed E-state index contributed by atoms with van der Waals surface area (Å²) < 4.78 is 5.78. The van der Waals surface area contributed by atoms with E-state index in [1.54, 1.807) is 13.0 Å². The van der Waals surface area contributed by atoms with Gasteiger partial charge in [-0.05, 0) is 38.3 Å². The van der Waals surface area contributed by atoms with Crippen LogP contribution in [0.25, 0.3) is 0 Å². The van der Waals surface area contributed by atoms with Crippen LogP contribution in [0.4, 0.5) is 0 Å². The molecule has 1 atom stereocenters. The summed E-state index contributed by atoms with van der Waals surface area (Å²) in [5.74, 6) is 0.615. The SMILES string of the molecule is CC(N)C(=O)c1ccccc1OC1CCC1. The highest BCUT2D eigenvalue weighted by Crippen LogP contribution is 2.27. The third kappa shape index (κ3) is 2.25. The number of hydrogen-bond acceptors (Lipinski definition) is 3. The molecule has 0 saturated heterocycles. The van der Waals surface area contributed by atoms with E-state index in [-0.39, 0.29) is 11.9 Å². The van der Waals surface area contributed by atoms with Crippen molar-refractivity contribution < 1.29 is 9.53 Å². The zero-order chi connectivity index (χ0) is 11.5. The molecule has 0 amide bonds. The summed E-state index contributed by atoms with van der Waals surface area (Å²) in [4.78, 5) is 11.8. The second-order valence-corrected chi connectivity index (χ2v) is 4.32. The monoisotopic (exact) mass is 219 g/mol. The van der Waals surface area contributed by atoms with Crippen LogP contribution >= 0.6 is 0 Å². The first kappa shape index (κ1) is 11.1. The molecular weight excluding hydrogens is 202 g/mol. The molecule has 0 aromatic heterocycles. The summed E-state index contributed by atoms with van der Waals surface area (Å²) in [6.45, 7) is 1.70. The Balaban J connectivity index is 2.19. The Kier molecular flexibility index (Phi) is 3.25. The maximum absolute atomic E-state index is 11.8. The van der Waals surface area contributed by atoms with E-state index in [9.17, 15) is 4.79 Å². The normalized spacial score (nSPS) is 17.6. The first-order valence-corrected chi connectivity index (χ1v) is 5.74. The highest BCUT2D eigenvalue weighted by molar-refractivity contribution is 6.02. The molecule has 86 valence electrons. The predicted octanol–water partition coefficient (Wildman–Crippen LogP) is 2.15. The van der Waals surface area contributed by atoms with Gasteiger partial charge < -0.3 is 10.5 Å². The number of nitrogens with two attached hydrogens (primary N) is 1. The van der Waals surface area contributed by atoms with E-state index in [1.165, 1.54) is 6.42 Å². The van der Waals surface area contributed by atoms with Crippen LogP contribution in [0.2, 0.25) is 0 Å². The third-order valence-electron chi connectivity index (χ3n) is 2.91. The Morgan fingerprint density at radius 3 is 2.69 bits per heavy atom. The molecule has 0 aliphatic heterocycles. The smallest absolute Gasteiger partial charge is 0.182 e. The quantitative estimate of drug-likeness (QED) is 0.789. The summed E-state index contributed by atoms with van der Waals surface area (Å²) in [5, 5.41) is 0. The van der Waals surface area contributed by atoms with Crippen LogP contribution in [0.5, 0.6) is 5.75 Å². The van der Waals surface area contributed by atoms with Gasteiger partial charge in [0.05, 0.1) is 17.7 Å². The lowest BCUT2D eigenvalue weighted by Crippen LogP contribution is -2.29. The summed E-state index contributed by atoms with van der Waals surface area (Å²) in [6, 6.07) is 6.86. The molecule has 1 fully saturated rings. The van der Waals surface area contributed by atoms with Gasteiger partial charge in [0.15, 0.2) is 5.78 Å². The Labute approximate surface area is 95.6 Å². The molecular formula is C13H17NO2. The molecule has 0 radical (unpaired) electrons. The van der Waals surface area contributed by atoms with E-state index < -0.39 is 6.04 Å². The van der Waals surface area contributed by atoms with Gasteiger partial charge in [-0.1, -0.05) is 12.1 Å². The van der Waals surface area contributed by atoms with Gasteiger partial charge >= 0.3 is 0 Å². The molecule has 16 heavy (non-hydrogen) atoms. The van der Waals surface area contributed by atoms with Crippen LogP contribution in [-0.2, 0) is 0 Å². The van der Waals surface area contributed by atoms with Crippen molar-refractivity contribution in [3.05, 3.63) is 29.8 Å². The van der Waals surface area contributed by atoms with E-state index >= 15 is 0 Å². The number of para-hydroxylation sites is 1. The van der Waals surface area contributed by atoms with Crippen molar-refractivity contribution in [2.24, 2.45) is 5.73 Å². The Morgan fingerprint density at radius 1 is 1.44 bits per heavy atom. The zero-order valence-corrected chi connectivity index (χ0v) is 9.48. The van der Waals surface area contributed by atoms with Crippen molar-refractivity contribution in [1.82, 2.24) is 0 Å². The van der Waals surface area contributed by atoms with Crippen LogP contribution < -0.4 is 10.5 Å². The standard InChI is InChI=1S/C13H17NO2/c1-9(14)13(15)11-7-2-3-8-12(11)16-10-5-4-6-10/h2-3,7-10H,4-6,14H2,1H3. The lowest BCUT2D eigenvalue weighted by atomic mass is 9.96. The Bertz CT molecular complexity index is 383. The van der Waals surface area contributed by atoms with Crippen LogP contribution in [0.1, 0.15) is 36.5 Å². The zero-order valence-electron chi connectivity index (χ0n) is 9.48. The maximum atomic E-state index is 11.8. The molecule has 0 bridgehead atoms. The van der Waals surface area contributed by atoms with E-state index in [0.717, 1.165) is 12.8 Å². The first-order chi connectivity index (χ1) is 7.68. The van der Waals surface area contributed by atoms with Crippen molar-refractivity contribution in [2.45, 2.75) is 38.3 Å². The van der Waals surface area contributed by atoms with E-state index in [4.69, 9.17) is 10.5 Å². The summed E-state index contributed by atoms with van der Waals surface area (Å²) in [7, 11) is 0. The van der Waals surface area contributed by atoms with Crippen molar-refractivity contribution in [2.75, 3.05) is 0 Å². The predicted molar refractivity (Wildman–Crippen MR) is 62.7 cm³/mol. The van der Waals surface area contributed by atoms with Gasteiger partial charge in [-0.25, -0.2) is 0 Å². The number of ether oxygens (including phenoxy) is 1. The minimum absolute atomic E-state index is 0.0603. The molecule has 2 rings (SSSR count). The molecule has 2 N–H and O–H groups in total. The minimum Gasteiger partial charge on any atom is -0.490 e. The number of Topliss-reactive ketones (excluding diaryl/α,β-unsaturated/α-hetero) is 1. The fraction of sp³-hybridized carbons (Fsp3) is 0.462. The minimum atomic E-state index is -0.480. The van der Waals surface area contributed by atoms with E-state index in [2.05, 4.69) is 0 Å². The number of carbonyl (C=O) groups is 1. The Morgan fingerprint density at radius 2 is 2.12 bits per heavy atom. The number of benzene rings is 1. The Hall–Kier alpha value is -1.35. The van der Waals surface area contributed by atoms with Crippen molar-refractivity contribution >= 4 is 5.78 Å². The molecule has 0 spiro atoms. The van der Waals surface area contributed by atoms with E-state index in [0.29, 0.717) is 11.3 Å². The average Bonchev–Trinajstić information content (AvgIpc) is 2.23. The van der Waals surface area contributed by atoms with Gasteiger partial charge in [0.1, 0.15) is 5.75 Å². The second kappa shape index (κ2) is 4.66. The largest absolute Gasteiger partial charge is 0.490 e. The molecule has 1 aliphatic rings. The molecule has 0 heterocycles. The van der Waals surface area contributed by atoms with Gasteiger partial charge in [0, 0.05) is 0 Å². The second-order valence-electron chi connectivity index (χ2n) is 4.32. The van der Waals surface area contributed by atoms with Crippen molar-refractivity contribution in [3.8, 4) is 5.75 Å². The van der Waals surface area contributed by atoms with Crippen molar-refractivity contribution in [3.63, 3.8) is 0 Å². The molecule has 1 aliphatic carbocycles. The number of ketones is 1. The van der Waals surface area contributed by atoms with Crippen LogP contribution in [0.3, 0.4) is 0 Å². The van der Waals surface area contributed by atoms with Gasteiger partial charge in [-0.3, -0.25) is 4.79 Å². The molecule has 1 aromatic carbocycles. The van der Waals surface area contributed by atoms with Crippen LogP contribution in [0.15, 0.2) is 24.3 Å². The summed E-state index contributed by atoms with van der Waals surface area (Å²) in [5.41, 5.74) is 6.21. The third-order valence-corrected chi connectivity index (χ3v) is 2.91. The summed E-state index contributed by atoms with van der Waals surface area (Å²) in [6.07, 6.45) is 3.66. The molecule has 1 unspecified atom stereocenters. The first-order valence-electron chi connectivity index (χ1n) is 5.74. The molecule has 1 aromatic rings. The molecule has 3 heteroatoms. The highest BCUT2D eigenvalue weighted by atomic mass is 16.5. The average molecular weight is 219 g/mol. The van der Waals surface area contributed by atoms with E-state index in [1.807, 2.05) is 18.2 Å². The van der Waals surface area contributed by atoms with Crippen molar-refractivity contribution in [1.29, 1.82) is 0 Å². The number of rotatable bonds is 4. The van der Waals surface area contributed by atoms with Gasteiger partial charge in [-0.15, -0.1) is 0 Å². The fourth-order valence-electron chi connectivity index (χ4n) is 1.69. The lowest BCUT2D eigenvalue weighted by molar-refractivity contribution is 0.0941. The fourth-order valence-corrected chi connectivity index (χ4v) is 1.69. The van der Waals surface area contributed by atoms with Crippen LogP contribution in [-0.4, -0.2) is 17.9 Å². The summed E-state index contributed by atoms with van der Waals surface area (Å²) >= 11 is 0. The number of hydrogen-bond donors (Lipinski definition) is 1. The van der Waals surface area contributed by atoms with Gasteiger partial charge in [0.2, 0.25) is 0 Å². The maximum Gasteiger partial charge on any atom is 0.182 e.